The van der Waals surface area contributed by atoms with Crippen molar-refractivity contribution in [3.05, 3.63) is 23.8 Å². The number of hydrogen-bond acceptors (Lipinski definition) is 3. The van der Waals surface area contributed by atoms with Gasteiger partial charge in [0.25, 0.3) is 0 Å². The van der Waals surface area contributed by atoms with Gasteiger partial charge in [0.05, 0.1) is 14.2 Å². The molecule has 0 fully saturated rings. The molecule has 4 heteroatoms. The van der Waals surface area contributed by atoms with E-state index in [2.05, 4.69) is 26.4 Å². The molecule has 0 aromatic heterocycles. The predicted molar refractivity (Wildman–Crippen MR) is 60.4 cm³/mol. The Kier molecular flexibility index (Phi) is 4.31. The van der Waals surface area contributed by atoms with Gasteiger partial charge in [-0.25, -0.2) is 0 Å². The van der Waals surface area contributed by atoms with Crippen molar-refractivity contribution in [3.63, 3.8) is 0 Å². The fourth-order valence-electron chi connectivity index (χ4n) is 1.05. The molecule has 1 aromatic rings. The normalized spacial score (nSPS) is 9.77. The summed E-state index contributed by atoms with van der Waals surface area (Å²) >= 11 is 2.11. The van der Waals surface area contributed by atoms with Crippen molar-refractivity contribution in [2.75, 3.05) is 14.2 Å². The van der Waals surface area contributed by atoms with E-state index < -0.39 is 0 Å². The van der Waals surface area contributed by atoms with Gasteiger partial charge >= 0.3 is 0 Å². The third-order valence-corrected chi connectivity index (χ3v) is 2.06. The minimum Gasteiger partial charge on any atom is -0.497 e. The SMILES string of the molecule is COc1cc(CNI)cc(OC)c1. The second-order valence-electron chi connectivity index (χ2n) is 2.53. The largest absolute Gasteiger partial charge is 0.497 e. The average molecular weight is 293 g/mol. The van der Waals surface area contributed by atoms with Crippen molar-refractivity contribution in [2.45, 2.75) is 6.54 Å². The molecular formula is C9H12INO2. The van der Waals surface area contributed by atoms with Crippen LogP contribution < -0.4 is 13.0 Å². The Hall–Kier alpha value is -0.490. The maximum absolute atomic E-state index is 5.13. The fourth-order valence-corrected chi connectivity index (χ4v) is 1.49. The topological polar surface area (TPSA) is 30.5 Å². The Balaban J connectivity index is 2.93. The lowest BCUT2D eigenvalue weighted by Gasteiger charge is -2.07. The van der Waals surface area contributed by atoms with E-state index in [1.165, 1.54) is 0 Å². The van der Waals surface area contributed by atoms with Gasteiger partial charge in [-0.3, -0.25) is 3.53 Å². The highest BCUT2D eigenvalue weighted by atomic mass is 127. The molecule has 0 unspecified atom stereocenters. The molecule has 13 heavy (non-hydrogen) atoms. The minimum atomic E-state index is 0.800. The molecule has 1 aromatic carbocycles. The van der Waals surface area contributed by atoms with Gasteiger partial charge < -0.3 is 9.47 Å². The molecule has 0 aliphatic carbocycles. The van der Waals surface area contributed by atoms with Gasteiger partial charge in [-0.05, 0) is 17.7 Å². The van der Waals surface area contributed by atoms with Crippen LogP contribution in [0.15, 0.2) is 18.2 Å². The van der Waals surface area contributed by atoms with E-state index in [-0.39, 0.29) is 0 Å². The quantitative estimate of drug-likeness (QED) is 0.681. The zero-order valence-corrected chi connectivity index (χ0v) is 9.79. The highest BCUT2D eigenvalue weighted by Crippen LogP contribution is 2.22. The number of halogens is 1. The van der Waals surface area contributed by atoms with Crippen LogP contribution in [-0.4, -0.2) is 14.2 Å². The molecule has 0 heterocycles. The average Bonchev–Trinajstić information content (AvgIpc) is 2.17. The monoisotopic (exact) mass is 293 g/mol. The zero-order chi connectivity index (χ0) is 9.68. The Morgan fingerprint density at radius 3 is 2.08 bits per heavy atom. The van der Waals surface area contributed by atoms with Gasteiger partial charge in [-0.15, -0.1) is 0 Å². The molecule has 3 nitrogen and oxygen atoms in total. The smallest absolute Gasteiger partial charge is 0.122 e. The maximum Gasteiger partial charge on any atom is 0.122 e. The van der Waals surface area contributed by atoms with Crippen LogP contribution in [0.3, 0.4) is 0 Å². The van der Waals surface area contributed by atoms with Gasteiger partial charge in [-0.1, -0.05) is 0 Å². The first-order valence-electron chi connectivity index (χ1n) is 3.85. The van der Waals surface area contributed by atoms with Crippen LogP contribution in [0, 0.1) is 0 Å². The number of benzene rings is 1. The highest BCUT2D eigenvalue weighted by Gasteiger charge is 2.00. The van der Waals surface area contributed by atoms with E-state index in [0.717, 1.165) is 23.6 Å². The van der Waals surface area contributed by atoms with Crippen molar-refractivity contribution in [1.29, 1.82) is 0 Å². The van der Waals surface area contributed by atoms with Crippen molar-refractivity contribution >= 4 is 22.9 Å². The van der Waals surface area contributed by atoms with Gasteiger partial charge in [0, 0.05) is 35.5 Å². The summed E-state index contributed by atoms with van der Waals surface area (Å²) in [5.74, 6) is 1.64. The second-order valence-corrected chi connectivity index (χ2v) is 3.29. The van der Waals surface area contributed by atoms with Crippen LogP contribution in [0.2, 0.25) is 0 Å². The second kappa shape index (κ2) is 5.29. The van der Waals surface area contributed by atoms with E-state index in [1.807, 2.05) is 18.2 Å². The first kappa shape index (κ1) is 10.6. The summed E-state index contributed by atoms with van der Waals surface area (Å²) in [6, 6.07) is 5.82. The number of ether oxygens (including phenoxy) is 2. The highest BCUT2D eigenvalue weighted by molar-refractivity contribution is 14.1. The molecule has 0 saturated carbocycles. The summed E-state index contributed by atoms with van der Waals surface area (Å²) in [4.78, 5) is 0. The number of methoxy groups -OCH3 is 2. The molecule has 0 aliphatic heterocycles. The number of nitrogens with one attached hydrogen (secondary N) is 1. The van der Waals surface area contributed by atoms with Crippen LogP contribution in [0.25, 0.3) is 0 Å². The third kappa shape index (κ3) is 3.04. The van der Waals surface area contributed by atoms with Crippen molar-refractivity contribution in [3.8, 4) is 11.5 Å². The van der Waals surface area contributed by atoms with E-state index in [0.29, 0.717) is 0 Å². The summed E-state index contributed by atoms with van der Waals surface area (Å²) in [6.07, 6.45) is 0. The van der Waals surface area contributed by atoms with Gasteiger partial charge in [-0.2, -0.15) is 0 Å². The van der Waals surface area contributed by atoms with Crippen LogP contribution in [0.1, 0.15) is 5.56 Å². The Morgan fingerprint density at radius 2 is 1.69 bits per heavy atom. The Labute approximate surface area is 91.9 Å². The van der Waals surface area contributed by atoms with E-state index >= 15 is 0 Å². The maximum atomic E-state index is 5.13. The molecule has 0 saturated heterocycles. The van der Waals surface area contributed by atoms with Gasteiger partial charge in [0.2, 0.25) is 0 Å². The molecule has 1 N–H and O–H groups in total. The Morgan fingerprint density at radius 1 is 1.15 bits per heavy atom. The molecule has 0 bridgehead atoms. The summed E-state index contributed by atoms with van der Waals surface area (Å²) in [7, 11) is 3.30. The Bertz CT molecular complexity index is 256. The van der Waals surface area contributed by atoms with Gasteiger partial charge in [0.1, 0.15) is 11.5 Å². The molecule has 1 rings (SSSR count). The lowest BCUT2D eigenvalue weighted by molar-refractivity contribution is 0.393. The number of rotatable bonds is 4. The third-order valence-electron chi connectivity index (χ3n) is 1.68. The lowest BCUT2D eigenvalue weighted by Crippen LogP contribution is -1.98. The summed E-state index contributed by atoms with van der Waals surface area (Å²) in [5, 5.41) is 0. The summed E-state index contributed by atoms with van der Waals surface area (Å²) < 4.78 is 13.3. The van der Waals surface area contributed by atoms with Crippen LogP contribution in [0.5, 0.6) is 11.5 Å². The lowest BCUT2D eigenvalue weighted by atomic mass is 10.2. The van der Waals surface area contributed by atoms with E-state index in [9.17, 15) is 0 Å². The molecule has 0 atom stereocenters. The zero-order valence-electron chi connectivity index (χ0n) is 7.63. The summed E-state index contributed by atoms with van der Waals surface area (Å²) in [6.45, 7) is 0.800. The van der Waals surface area contributed by atoms with Crippen LogP contribution in [0.4, 0.5) is 0 Å². The van der Waals surface area contributed by atoms with E-state index in [1.54, 1.807) is 14.2 Å². The van der Waals surface area contributed by atoms with Crippen molar-refractivity contribution in [1.82, 2.24) is 3.53 Å². The van der Waals surface area contributed by atoms with Crippen molar-refractivity contribution in [2.24, 2.45) is 0 Å². The van der Waals surface area contributed by atoms with Crippen LogP contribution >= 0.6 is 22.9 Å². The van der Waals surface area contributed by atoms with Crippen molar-refractivity contribution < 1.29 is 9.47 Å². The molecule has 0 aliphatic rings. The molecule has 72 valence electrons. The van der Waals surface area contributed by atoms with Gasteiger partial charge in [0.15, 0.2) is 0 Å². The predicted octanol–water partition coefficient (Wildman–Crippen LogP) is 2.14. The number of hydrogen-bond donors (Lipinski definition) is 1. The standard InChI is InChI=1S/C9H12INO2/c1-12-8-3-7(6-11-10)4-9(5-8)13-2/h3-5,11H,6H2,1-2H3. The summed E-state index contributed by atoms with van der Waals surface area (Å²) in [5.41, 5.74) is 1.14. The molecule has 0 spiro atoms. The van der Waals surface area contributed by atoms with Crippen LogP contribution in [-0.2, 0) is 6.54 Å². The minimum absolute atomic E-state index is 0.800. The molecule has 0 amide bonds. The van der Waals surface area contributed by atoms with E-state index in [4.69, 9.17) is 9.47 Å². The first-order chi connectivity index (χ1) is 6.30. The molecular weight excluding hydrogens is 281 g/mol. The first-order valence-corrected chi connectivity index (χ1v) is 4.93. The molecule has 0 radical (unpaired) electrons. The fraction of sp³-hybridized carbons (Fsp3) is 0.333.